The fraction of sp³-hybridized carbons (Fsp3) is 0.111. The fourth-order valence-electron chi connectivity index (χ4n) is 4.23. The van der Waals surface area contributed by atoms with E-state index in [0.29, 0.717) is 11.5 Å². The van der Waals surface area contributed by atoms with Crippen molar-refractivity contribution in [2.45, 2.75) is 18.3 Å². The van der Waals surface area contributed by atoms with Crippen molar-refractivity contribution in [3.05, 3.63) is 108 Å². The van der Waals surface area contributed by atoms with E-state index in [1.54, 1.807) is 12.1 Å². The minimum Gasteiger partial charge on any atom is -0.507 e. The summed E-state index contributed by atoms with van der Waals surface area (Å²) in [6, 6.07) is 31.9. The van der Waals surface area contributed by atoms with Crippen LogP contribution in [0.15, 0.2) is 97.1 Å². The minimum absolute atomic E-state index is 0.0611. The molecule has 5 rings (SSSR count). The standard InChI is InChI=1S/C27H22O2/c28-25-13-11-21(17-23(25)19-7-3-1-4-8-19)27(15-16-27)22-12-14-26(29)24(18-22)20-9-5-2-6-10-20/h1-14,17-18,28-29H,15-16H2. The summed E-state index contributed by atoms with van der Waals surface area (Å²) in [5, 5.41) is 20.9. The molecule has 0 radical (unpaired) electrons. The van der Waals surface area contributed by atoms with Crippen molar-refractivity contribution >= 4 is 0 Å². The zero-order chi connectivity index (χ0) is 19.8. The molecule has 0 heterocycles. The Hall–Kier alpha value is -3.52. The molecule has 0 spiro atoms. The quantitative estimate of drug-likeness (QED) is 0.425. The van der Waals surface area contributed by atoms with Crippen molar-refractivity contribution in [1.29, 1.82) is 0 Å². The summed E-state index contributed by atoms with van der Waals surface area (Å²) in [5.74, 6) is 0.595. The molecule has 2 nitrogen and oxygen atoms in total. The van der Waals surface area contributed by atoms with E-state index in [4.69, 9.17) is 0 Å². The molecule has 0 aliphatic heterocycles. The second-order valence-corrected chi connectivity index (χ2v) is 7.78. The van der Waals surface area contributed by atoms with Gasteiger partial charge in [0, 0.05) is 16.5 Å². The summed E-state index contributed by atoms with van der Waals surface area (Å²) >= 11 is 0. The van der Waals surface area contributed by atoms with E-state index in [1.807, 2.05) is 72.8 Å². The maximum Gasteiger partial charge on any atom is 0.123 e. The lowest BCUT2D eigenvalue weighted by Crippen LogP contribution is -2.09. The monoisotopic (exact) mass is 378 g/mol. The molecule has 2 heteroatoms. The summed E-state index contributed by atoms with van der Waals surface area (Å²) in [4.78, 5) is 0. The lowest BCUT2D eigenvalue weighted by atomic mass is 9.84. The van der Waals surface area contributed by atoms with Gasteiger partial charge < -0.3 is 10.2 Å². The van der Waals surface area contributed by atoms with Crippen LogP contribution in [0, 0.1) is 0 Å². The number of phenols is 2. The van der Waals surface area contributed by atoms with Gasteiger partial charge in [-0.25, -0.2) is 0 Å². The van der Waals surface area contributed by atoms with E-state index < -0.39 is 0 Å². The molecule has 1 saturated carbocycles. The smallest absolute Gasteiger partial charge is 0.123 e. The normalized spacial score (nSPS) is 14.5. The largest absolute Gasteiger partial charge is 0.507 e. The Morgan fingerprint density at radius 3 is 1.31 bits per heavy atom. The SMILES string of the molecule is Oc1ccc(C2(c3ccc(O)c(-c4ccccc4)c3)CC2)cc1-c1ccccc1. The van der Waals surface area contributed by atoms with Crippen molar-refractivity contribution in [3.8, 4) is 33.8 Å². The van der Waals surface area contributed by atoms with Gasteiger partial charge in [-0.15, -0.1) is 0 Å². The third-order valence-corrected chi connectivity index (χ3v) is 6.02. The maximum absolute atomic E-state index is 10.4. The zero-order valence-corrected chi connectivity index (χ0v) is 16.0. The highest BCUT2D eigenvalue weighted by Gasteiger charge is 2.46. The van der Waals surface area contributed by atoms with Crippen molar-refractivity contribution in [2.75, 3.05) is 0 Å². The molecule has 0 amide bonds. The molecule has 0 bridgehead atoms. The molecule has 0 unspecified atom stereocenters. The van der Waals surface area contributed by atoms with Gasteiger partial charge in [0.2, 0.25) is 0 Å². The molecule has 142 valence electrons. The zero-order valence-electron chi connectivity index (χ0n) is 16.0. The van der Waals surface area contributed by atoms with Crippen LogP contribution < -0.4 is 0 Å². The predicted molar refractivity (Wildman–Crippen MR) is 117 cm³/mol. The van der Waals surface area contributed by atoms with Gasteiger partial charge in [-0.05, 0) is 59.4 Å². The van der Waals surface area contributed by atoms with Gasteiger partial charge in [0.25, 0.3) is 0 Å². The third kappa shape index (κ3) is 3.07. The van der Waals surface area contributed by atoms with E-state index in [9.17, 15) is 10.2 Å². The number of aromatic hydroxyl groups is 2. The fourth-order valence-corrected chi connectivity index (χ4v) is 4.23. The van der Waals surface area contributed by atoms with Crippen molar-refractivity contribution in [1.82, 2.24) is 0 Å². The van der Waals surface area contributed by atoms with Crippen molar-refractivity contribution in [3.63, 3.8) is 0 Å². The molecule has 1 fully saturated rings. The Bertz CT molecular complexity index is 1070. The predicted octanol–water partition coefficient (Wildman–Crippen LogP) is 6.51. The minimum atomic E-state index is -0.0611. The van der Waals surface area contributed by atoms with E-state index >= 15 is 0 Å². The summed E-state index contributed by atoms with van der Waals surface area (Å²) in [5.41, 5.74) is 6.09. The van der Waals surface area contributed by atoms with Crippen LogP contribution in [0.2, 0.25) is 0 Å². The molecule has 0 atom stereocenters. The van der Waals surface area contributed by atoms with Crippen LogP contribution in [0.1, 0.15) is 24.0 Å². The van der Waals surface area contributed by atoms with Crippen LogP contribution >= 0.6 is 0 Å². The Labute approximate surface area is 170 Å². The van der Waals surface area contributed by atoms with Gasteiger partial charge in [-0.2, -0.15) is 0 Å². The molecule has 4 aromatic carbocycles. The molecule has 0 saturated heterocycles. The van der Waals surface area contributed by atoms with Gasteiger partial charge in [-0.1, -0.05) is 72.8 Å². The topological polar surface area (TPSA) is 40.5 Å². The number of benzene rings is 4. The Balaban J connectivity index is 1.60. The molecule has 1 aliphatic rings. The van der Waals surface area contributed by atoms with E-state index in [2.05, 4.69) is 12.1 Å². The maximum atomic E-state index is 10.4. The van der Waals surface area contributed by atoms with Gasteiger partial charge in [0.1, 0.15) is 11.5 Å². The molecule has 4 aromatic rings. The molecule has 1 aliphatic carbocycles. The molecular formula is C27H22O2. The van der Waals surface area contributed by atoms with Crippen molar-refractivity contribution in [2.24, 2.45) is 0 Å². The van der Waals surface area contributed by atoms with Gasteiger partial charge in [0.05, 0.1) is 0 Å². The second kappa shape index (κ2) is 6.82. The van der Waals surface area contributed by atoms with Crippen LogP contribution in [-0.2, 0) is 5.41 Å². The third-order valence-electron chi connectivity index (χ3n) is 6.02. The first-order valence-corrected chi connectivity index (χ1v) is 9.95. The lowest BCUT2D eigenvalue weighted by molar-refractivity contribution is 0.477. The molecule has 29 heavy (non-hydrogen) atoms. The summed E-state index contributed by atoms with van der Waals surface area (Å²) in [6.07, 6.45) is 2.12. The molecular weight excluding hydrogens is 356 g/mol. The Morgan fingerprint density at radius 2 is 0.931 bits per heavy atom. The van der Waals surface area contributed by atoms with Crippen LogP contribution in [0.3, 0.4) is 0 Å². The van der Waals surface area contributed by atoms with Crippen LogP contribution in [0.25, 0.3) is 22.3 Å². The van der Waals surface area contributed by atoms with E-state index in [0.717, 1.165) is 35.1 Å². The lowest BCUT2D eigenvalue weighted by Gasteiger charge is -2.20. The average molecular weight is 378 g/mol. The van der Waals surface area contributed by atoms with Gasteiger partial charge >= 0.3 is 0 Å². The number of hydrogen-bond acceptors (Lipinski definition) is 2. The number of rotatable bonds is 4. The summed E-state index contributed by atoms with van der Waals surface area (Å²) < 4.78 is 0. The molecule has 2 N–H and O–H groups in total. The summed E-state index contributed by atoms with van der Waals surface area (Å²) in [7, 11) is 0. The van der Waals surface area contributed by atoms with Gasteiger partial charge in [-0.3, -0.25) is 0 Å². The van der Waals surface area contributed by atoms with Crippen LogP contribution in [0.5, 0.6) is 11.5 Å². The number of phenolic OH excluding ortho intramolecular Hbond substituents is 2. The first kappa shape index (κ1) is 17.6. The highest BCUT2D eigenvalue weighted by Crippen LogP contribution is 2.55. The Kier molecular flexibility index (Phi) is 4.13. The second-order valence-electron chi connectivity index (χ2n) is 7.78. The Morgan fingerprint density at radius 1 is 0.517 bits per heavy atom. The van der Waals surface area contributed by atoms with E-state index in [-0.39, 0.29) is 5.41 Å². The van der Waals surface area contributed by atoms with Crippen LogP contribution in [0.4, 0.5) is 0 Å². The molecule has 0 aromatic heterocycles. The van der Waals surface area contributed by atoms with Crippen LogP contribution in [-0.4, -0.2) is 10.2 Å². The highest BCUT2D eigenvalue weighted by atomic mass is 16.3. The first-order valence-electron chi connectivity index (χ1n) is 9.95. The highest BCUT2D eigenvalue weighted by molar-refractivity contribution is 5.74. The number of hydrogen-bond donors (Lipinski definition) is 2. The summed E-state index contributed by atoms with van der Waals surface area (Å²) in [6.45, 7) is 0. The van der Waals surface area contributed by atoms with E-state index in [1.165, 1.54) is 11.1 Å². The first-order chi connectivity index (χ1) is 14.2. The van der Waals surface area contributed by atoms with Crippen molar-refractivity contribution < 1.29 is 10.2 Å². The van der Waals surface area contributed by atoms with Gasteiger partial charge in [0.15, 0.2) is 0 Å². The average Bonchev–Trinajstić information content (AvgIpc) is 3.58.